The summed E-state index contributed by atoms with van der Waals surface area (Å²) in [7, 11) is 0. The van der Waals surface area contributed by atoms with Gasteiger partial charge in [-0.2, -0.15) is 0 Å². The molecule has 0 bridgehead atoms. The van der Waals surface area contributed by atoms with Crippen molar-refractivity contribution >= 4 is 40.5 Å². The molecule has 104 valence electrons. The minimum absolute atomic E-state index is 0.386. The molecular formula is C14H14Cl2N4. The van der Waals surface area contributed by atoms with E-state index in [1.54, 1.807) is 6.07 Å². The molecule has 0 aliphatic heterocycles. The monoisotopic (exact) mass is 308 g/mol. The molecule has 6 heteroatoms. The number of nitrogen functional groups attached to an aromatic ring is 1. The van der Waals surface area contributed by atoms with Gasteiger partial charge in [0.05, 0.1) is 10.0 Å². The number of pyridine rings is 1. The van der Waals surface area contributed by atoms with Crippen LogP contribution in [0.4, 0.5) is 17.3 Å². The maximum absolute atomic E-state index is 6.15. The molecule has 4 N–H and O–H groups in total. The van der Waals surface area contributed by atoms with Crippen molar-refractivity contribution in [3.63, 3.8) is 0 Å². The van der Waals surface area contributed by atoms with E-state index in [2.05, 4.69) is 27.9 Å². The number of nitrogens with zero attached hydrogens (tertiary/aromatic N) is 1. The average molecular weight is 309 g/mol. The molecule has 0 atom stereocenters. The molecule has 3 rings (SSSR count). The Morgan fingerprint density at radius 2 is 1.75 bits per heavy atom. The standard InChI is InChI=1S/C14H14Cl2N4/c15-11-7-12(16)14(20-17)19-13(11)18-10-5-4-8-2-1-3-9(8)6-10/h4-7H,1-3,17H2,(H2,18,19,20). The van der Waals surface area contributed by atoms with Crippen LogP contribution in [0.5, 0.6) is 0 Å². The summed E-state index contributed by atoms with van der Waals surface area (Å²) in [6.07, 6.45) is 3.51. The summed E-state index contributed by atoms with van der Waals surface area (Å²) in [4.78, 5) is 4.27. The van der Waals surface area contributed by atoms with Crippen LogP contribution >= 0.6 is 23.2 Å². The quantitative estimate of drug-likeness (QED) is 0.594. The largest absolute Gasteiger partial charge is 0.339 e. The Balaban J connectivity index is 1.91. The number of hydrogen-bond donors (Lipinski definition) is 3. The third-order valence-electron chi connectivity index (χ3n) is 3.43. The number of anilines is 3. The second-order valence-corrected chi connectivity index (χ2v) is 5.57. The van der Waals surface area contributed by atoms with Gasteiger partial charge in [-0.1, -0.05) is 29.3 Å². The molecule has 1 aliphatic carbocycles. The molecule has 4 nitrogen and oxygen atoms in total. The Hall–Kier alpha value is -1.49. The van der Waals surface area contributed by atoms with Crippen molar-refractivity contribution in [3.05, 3.63) is 45.4 Å². The van der Waals surface area contributed by atoms with Gasteiger partial charge in [-0.25, -0.2) is 10.8 Å². The third-order valence-corrected chi connectivity index (χ3v) is 4.00. The lowest BCUT2D eigenvalue weighted by atomic mass is 10.1. The fraction of sp³-hybridized carbons (Fsp3) is 0.214. The molecule has 20 heavy (non-hydrogen) atoms. The normalized spacial score (nSPS) is 13.2. The third kappa shape index (κ3) is 2.54. The average Bonchev–Trinajstić information content (AvgIpc) is 2.89. The van der Waals surface area contributed by atoms with Crippen molar-refractivity contribution < 1.29 is 0 Å². The number of benzene rings is 1. The van der Waals surface area contributed by atoms with E-state index in [1.807, 2.05) is 6.07 Å². The van der Waals surface area contributed by atoms with Gasteiger partial charge >= 0.3 is 0 Å². The fourth-order valence-electron chi connectivity index (χ4n) is 2.44. The summed E-state index contributed by atoms with van der Waals surface area (Å²) < 4.78 is 0. The van der Waals surface area contributed by atoms with Crippen molar-refractivity contribution in [1.29, 1.82) is 0 Å². The van der Waals surface area contributed by atoms with E-state index in [4.69, 9.17) is 29.0 Å². The minimum Gasteiger partial charge on any atom is -0.339 e. The predicted octanol–water partition coefficient (Wildman–Crippen LogP) is 3.91. The van der Waals surface area contributed by atoms with Crippen molar-refractivity contribution in [2.24, 2.45) is 5.84 Å². The van der Waals surface area contributed by atoms with Gasteiger partial charge in [-0.3, -0.25) is 0 Å². The van der Waals surface area contributed by atoms with E-state index in [1.165, 1.54) is 17.5 Å². The van der Waals surface area contributed by atoms with Crippen LogP contribution in [0.25, 0.3) is 0 Å². The zero-order chi connectivity index (χ0) is 14.1. The molecule has 1 aliphatic rings. The summed E-state index contributed by atoms with van der Waals surface area (Å²) in [5.74, 6) is 6.29. The van der Waals surface area contributed by atoms with Crippen LogP contribution in [-0.4, -0.2) is 4.98 Å². The number of rotatable bonds is 3. The summed E-state index contributed by atoms with van der Waals surface area (Å²) >= 11 is 12.1. The summed E-state index contributed by atoms with van der Waals surface area (Å²) in [6, 6.07) is 7.94. The van der Waals surface area contributed by atoms with E-state index in [0.29, 0.717) is 21.7 Å². The van der Waals surface area contributed by atoms with Gasteiger partial charge in [-0.05, 0) is 48.6 Å². The van der Waals surface area contributed by atoms with Crippen molar-refractivity contribution in [1.82, 2.24) is 4.98 Å². The summed E-state index contributed by atoms with van der Waals surface area (Å²) in [5.41, 5.74) is 6.22. The lowest BCUT2D eigenvalue weighted by Crippen LogP contribution is -2.10. The number of halogens is 2. The molecule has 1 heterocycles. The van der Waals surface area contributed by atoms with Crippen LogP contribution in [0.2, 0.25) is 10.0 Å². The van der Waals surface area contributed by atoms with E-state index in [9.17, 15) is 0 Å². The topological polar surface area (TPSA) is 63.0 Å². The highest BCUT2D eigenvalue weighted by Gasteiger charge is 2.13. The molecule has 0 radical (unpaired) electrons. The van der Waals surface area contributed by atoms with Crippen LogP contribution in [0.15, 0.2) is 24.3 Å². The molecule has 0 spiro atoms. The highest BCUT2D eigenvalue weighted by atomic mass is 35.5. The number of fused-ring (bicyclic) bond motifs is 1. The molecule has 0 saturated heterocycles. The number of nitrogens with two attached hydrogens (primary N) is 1. The molecule has 0 saturated carbocycles. The number of nitrogens with one attached hydrogen (secondary N) is 2. The van der Waals surface area contributed by atoms with Crippen LogP contribution < -0.4 is 16.6 Å². The zero-order valence-corrected chi connectivity index (χ0v) is 12.2. The van der Waals surface area contributed by atoms with Crippen LogP contribution in [0.1, 0.15) is 17.5 Å². The van der Waals surface area contributed by atoms with E-state index < -0.39 is 0 Å². The van der Waals surface area contributed by atoms with Gasteiger partial charge in [0.1, 0.15) is 0 Å². The number of hydrogen-bond acceptors (Lipinski definition) is 4. The highest BCUT2D eigenvalue weighted by molar-refractivity contribution is 6.37. The Bertz CT molecular complexity index is 658. The van der Waals surface area contributed by atoms with E-state index in [-0.39, 0.29) is 0 Å². The van der Waals surface area contributed by atoms with Gasteiger partial charge < -0.3 is 10.7 Å². The molecule has 2 aromatic rings. The van der Waals surface area contributed by atoms with Crippen molar-refractivity contribution in [2.45, 2.75) is 19.3 Å². The zero-order valence-electron chi connectivity index (χ0n) is 10.7. The van der Waals surface area contributed by atoms with Gasteiger partial charge in [0.2, 0.25) is 0 Å². The molecule has 1 aromatic heterocycles. The van der Waals surface area contributed by atoms with Crippen LogP contribution in [0.3, 0.4) is 0 Å². The number of aromatic nitrogens is 1. The molecule has 0 fully saturated rings. The molecule has 0 unspecified atom stereocenters. The van der Waals surface area contributed by atoms with E-state index >= 15 is 0 Å². The second-order valence-electron chi connectivity index (χ2n) is 4.76. The van der Waals surface area contributed by atoms with Crippen LogP contribution in [-0.2, 0) is 12.8 Å². The summed E-state index contributed by atoms with van der Waals surface area (Å²) in [5, 5.41) is 4.05. The summed E-state index contributed by atoms with van der Waals surface area (Å²) in [6.45, 7) is 0. The Morgan fingerprint density at radius 1 is 1.00 bits per heavy atom. The lowest BCUT2D eigenvalue weighted by molar-refractivity contribution is 0.912. The Morgan fingerprint density at radius 3 is 2.55 bits per heavy atom. The first-order valence-corrected chi connectivity index (χ1v) is 7.14. The minimum atomic E-state index is 0.386. The number of aryl methyl sites for hydroxylation is 2. The Labute approximate surface area is 127 Å². The first-order chi connectivity index (χ1) is 9.67. The number of hydrazine groups is 1. The van der Waals surface area contributed by atoms with Gasteiger partial charge in [0.15, 0.2) is 11.6 Å². The maximum atomic E-state index is 6.15. The second kappa shape index (κ2) is 5.48. The first-order valence-electron chi connectivity index (χ1n) is 6.39. The fourth-order valence-corrected chi connectivity index (χ4v) is 2.90. The highest BCUT2D eigenvalue weighted by Crippen LogP contribution is 2.32. The van der Waals surface area contributed by atoms with Gasteiger partial charge in [0, 0.05) is 5.69 Å². The maximum Gasteiger partial charge on any atom is 0.161 e. The molecular weight excluding hydrogens is 295 g/mol. The lowest BCUT2D eigenvalue weighted by Gasteiger charge is -2.11. The van der Waals surface area contributed by atoms with Crippen LogP contribution in [0, 0.1) is 0 Å². The predicted molar refractivity (Wildman–Crippen MR) is 83.8 cm³/mol. The van der Waals surface area contributed by atoms with Crippen molar-refractivity contribution in [3.8, 4) is 0 Å². The first kappa shape index (κ1) is 13.5. The molecule has 0 amide bonds. The SMILES string of the molecule is NNc1nc(Nc2ccc3c(c2)CCC3)c(Cl)cc1Cl. The van der Waals surface area contributed by atoms with Gasteiger partial charge in [-0.15, -0.1) is 0 Å². The van der Waals surface area contributed by atoms with Gasteiger partial charge in [0.25, 0.3) is 0 Å². The Kier molecular flexibility index (Phi) is 3.70. The molecule has 1 aromatic carbocycles. The van der Waals surface area contributed by atoms with Crippen molar-refractivity contribution in [2.75, 3.05) is 10.7 Å². The smallest absolute Gasteiger partial charge is 0.161 e. The van der Waals surface area contributed by atoms with E-state index in [0.717, 1.165) is 18.5 Å².